The number of hydrazone groups is 1. The molecule has 2 heterocycles. The molecule has 5 nitrogen and oxygen atoms in total. The van der Waals surface area contributed by atoms with Crippen LogP contribution in [0, 0.1) is 0 Å². The van der Waals surface area contributed by atoms with Crippen molar-refractivity contribution in [2.75, 3.05) is 13.1 Å². The second-order valence-corrected chi connectivity index (χ2v) is 7.37. The molecule has 2 aliphatic carbocycles. The summed E-state index contributed by atoms with van der Waals surface area (Å²) >= 11 is 0. The summed E-state index contributed by atoms with van der Waals surface area (Å²) in [7, 11) is 0. The van der Waals surface area contributed by atoms with Gasteiger partial charge in [0.15, 0.2) is 0 Å². The lowest BCUT2D eigenvalue weighted by Crippen LogP contribution is -2.24. The van der Waals surface area contributed by atoms with Gasteiger partial charge >= 0.3 is 0 Å². The van der Waals surface area contributed by atoms with Crippen LogP contribution in [0.1, 0.15) is 62.0 Å². The van der Waals surface area contributed by atoms with Crippen molar-refractivity contribution in [3.63, 3.8) is 0 Å². The standard InChI is InChI=1S/C20H28N4O/c1-3-23(4-2)13-17-16-7-5-6-8-18(16)22-19(17)11-14-12-21-24(20(14)25)15-9-10-15/h11-12,15,22H,3-10,13H2,1-2H3. The maximum absolute atomic E-state index is 12.6. The summed E-state index contributed by atoms with van der Waals surface area (Å²) in [6, 6.07) is 0.335. The van der Waals surface area contributed by atoms with Crippen LogP contribution in [0.15, 0.2) is 10.7 Å². The molecule has 0 radical (unpaired) electrons. The molecule has 25 heavy (non-hydrogen) atoms. The zero-order valence-electron chi connectivity index (χ0n) is 15.3. The Morgan fingerprint density at radius 2 is 2.04 bits per heavy atom. The van der Waals surface area contributed by atoms with Crippen molar-refractivity contribution in [3.8, 4) is 0 Å². The number of nitrogens with one attached hydrogen (secondary N) is 1. The van der Waals surface area contributed by atoms with E-state index in [-0.39, 0.29) is 5.91 Å². The number of carbonyl (C=O) groups excluding carboxylic acids is 1. The Kier molecular flexibility index (Phi) is 4.50. The molecule has 1 aliphatic heterocycles. The summed E-state index contributed by atoms with van der Waals surface area (Å²) in [5.41, 5.74) is 6.09. The number of fused-ring (bicyclic) bond motifs is 1. The molecule has 1 fully saturated rings. The van der Waals surface area contributed by atoms with Crippen molar-refractivity contribution in [2.24, 2.45) is 5.10 Å². The number of hydrogen-bond acceptors (Lipinski definition) is 3. The van der Waals surface area contributed by atoms with Crippen molar-refractivity contribution in [1.82, 2.24) is 14.9 Å². The molecule has 0 saturated heterocycles. The molecular weight excluding hydrogens is 312 g/mol. The molecule has 1 aromatic heterocycles. The highest BCUT2D eigenvalue weighted by Gasteiger charge is 2.36. The Bertz CT molecular complexity index is 722. The first-order valence-electron chi connectivity index (χ1n) is 9.75. The van der Waals surface area contributed by atoms with Gasteiger partial charge in [-0.15, -0.1) is 0 Å². The Morgan fingerprint density at radius 1 is 1.28 bits per heavy atom. The third kappa shape index (κ3) is 3.17. The van der Waals surface area contributed by atoms with Crippen molar-refractivity contribution in [2.45, 2.75) is 65.0 Å². The van der Waals surface area contributed by atoms with Gasteiger partial charge < -0.3 is 4.98 Å². The van der Waals surface area contributed by atoms with E-state index in [1.807, 2.05) is 6.08 Å². The topological polar surface area (TPSA) is 51.7 Å². The van der Waals surface area contributed by atoms with E-state index in [9.17, 15) is 4.79 Å². The summed E-state index contributed by atoms with van der Waals surface area (Å²) in [6.07, 6.45) is 10.7. The van der Waals surface area contributed by atoms with E-state index in [0.29, 0.717) is 11.6 Å². The molecule has 3 aliphatic rings. The van der Waals surface area contributed by atoms with Crippen LogP contribution < -0.4 is 0 Å². The number of carbonyl (C=O) groups is 1. The van der Waals surface area contributed by atoms with Gasteiger partial charge in [0.05, 0.1) is 17.8 Å². The normalized spacial score (nSPS) is 21.6. The van der Waals surface area contributed by atoms with Crippen molar-refractivity contribution in [3.05, 3.63) is 28.1 Å². The van der Waals surface area contributed by atoms with Gasteiger partial charge in [-0.25, -0.2) is 5.01 Å². The summed E-state index contributed by atoms with van der Waals surface area (Å²) in [4.78, 5) is 18.7. The Hall–Kier alpha value is -1.88. The molecular formula is C20H28N4O. The average molecular weight is 340 g/mol. The Balaban J connectivity index is 1.66. The number of aryl methyl sites for hydroxylation is 1. The predicted molar refractivity (Wildman–Crippen MR) is 100 cm³/mol. The lowest BCUT2D eigenvalue weighted by Gasteiger charge is -2.20. The molecule has 0 atom stereocenters. The van der Waals surface area contributed by atoms with E-state index in [0.717, 1.165) is 51.0 Å². The molecule has 5 heteroatoms. The zero-order valence-corrected chi connectivity index (χ0v) is 15.3. The molecule has 1 saturated carbocycles. The number of H-pyrrole nitrogens is 1. The number of hydrogen-bond donors (Lipinski definition) is 1. The predicted octanol–water partition coefficient (Wildman–Crippen LogP) is 3.11. The molecule has 1 N–H and O–H groups in total. The van der Waals surface area contributed by atoms with Gasteiger partial charge in [0, 0.05) is 17.9 Å². The average Bonchev–Trinajstić information content (AvgIpc) is 3.33. The Morgan fingerprint density at radius 3 is 2.76 bits per heavy atom. The van der Waals surface area contributed by atoms with E-state index in [1.54, 1.807) is 11.2 Å². The first kappa shape index (κ1) is 16.6. The van der Waals surface area contributed by atoms with E-state index in [1.165, 1.54) is 29.7 Å². The van der Waals surface area contributed by atoms with Gasteiger partial charge in [-0.2, -0.15) is 5.10 Å². The molecule has 134 valence electrons. The highest BCUT2D eigenvalue weighted by Crippen LogP contribution is 2.32. The highest BCUT2D eigenvalue weighted by molar-refractivity contribution is 6.18. The van der Waals surface area contributed by atoms with Gasteiger partial charge in [-0.3, -0.25) is 9.69 Å². The third-order valence-electron chi connectivity index (χ3n) is 5.69. The summed E-state index contributed by atoms with van der Waals surface area (Å²) in [5, 5.41) is 5.99. The minimum absolute atomic E-state index is 0.0591. The number of aromatic nitrogens is 1. The fourth-order valence-electron chi connectivity index (χ4n) is 3.95. The second-order valence-electron chi connectivity index (χ2n) is 7.37. The van der Waals surface area contributed by atoms with Crippen LogP contribution in [0.3, 0.4) is 0 Å². The molecule has 1 amide bonds. The fraction of sp³-hybridized carbons (Fsp3) is 0.600. The Labute approximate surface area is 149 Å². The quantitative estimate of drug-likeness (QED) is 0.809. The zero-order chi connectivity index (χ0) is 17.4. The minimum atomic E-state index is 0.0591. The molecule has 0 unspecified atom stereocenters. The maximum Gasteiger partial charge on any atom is 0.275 e. The molecule has 4 rings (SSSR count). The van der Waals surface area contributed by atoms with Crippen LogP contribution in [0.4, 0.5) is 0 Å². The lowest BCUT2D eigenvalue weighted by molar-refractivity contribution is -0.126. The summed E-state index contributed by atoms with van der Waals surface area (Å²) in [5.74, 6) is 0.0591. The van der Waals surface area contributed by atoms with Gasteiger partial charge in [-0.1, -0.05) is 13.8 Å². The van der Waals surface area contributed by atoms with Crippen LogP contribution >= 0.6 is 0 Å². The van der Waals surface area contributed by atoms with Crippen molar-refractivity contribution in [1.29, 1.82) is 0 Å². The number of aromatic amines is 1. The molecule has 0 spiro atoms. The first-order chi connectivity index (χ1) is 12.2. The molecule has 1 aromatic rings. The van der Waals surface area contributed by atoms with Crippen molar-refractivity contribution >= 4 is 18.2 Å². The largest absolute Gasteiger partial charge is 0.358 e. The van der Waals surface area contributed by atoms with Gasteiger partial charge in [0.1, 0.15) is 0 Å². The molecule has 0 aromatic carbocycles. The van der Waals surface area contributed by atoms with Gasteiger partial charge in [-0.05, 0) is 68.8 Å². The monoisotopic (exact) mass is 340 g/mol. The van der Waals surface area contributed by atoms with Crippen LogP contribution in [-0.4, -0.2) is 46.1 Å². The fourth-order valence-corrected chi connectivity index (χ4v) is 3.95. The first-order valence-corrected chi connectivity index (χ1v) is 9.75. The summed E-state index contributed by atoms with van der Waals surface area (Å²) < 4.78 is 0. The smallest absolute Gasteiger partial charge is 0.275 e. The van der Waals surface area contributed by atoms with E-state index in [4.69, 9.17) is 0 Å². The number of amides is 1. The van der Waals surface area contributed by atoms with Gasteiger partial charge in [0.25, 0.3) is 5.91 Å². The second kappa shape index (κ2) is 6.79. The number of nitrogens with zero attached hydrogens (tertiary/aromatic N) is 3. The highest BCUT2D eigenvalue weighted by atomic mass is 16.2. The van der Waals surface area contributed by atoms with Crippen LogP contribution in [0.25, 0.3) is 6.08 Å². The van der Waals surface area contributed by atoms with Gasteiger partial charge in [0.2, 0.25) is 0 Å². The lowest BCUT2D eigenvalue weighted by atomic mass is 9.94. The third-order valence-corrected chi connectivity index (χ3v) is 5.69. The molecule has 0 bridgehead atoms. The number of rotatable bonds is 6. The SMILES string of the molecule is CCN(CC)Cc1c(C=C2C=NN(C3CC3)C2=O)[nH]c2c1CCCC2. The van der Waals surface area contributed by atoms with E-state index < -0.39 is 0 Å². The minimum Gasteiger partial charge on any atom is -0.358 e. The van der Waals surface area contributed by atoms with E-state index in [2.05, 4.69) is 28.8 Å². The van der Waals surface area contributed by atoms with Crippen LogP contribution in [0.5, 0.6) is 0 Å². The maximum atomic E-state index is 12.6. The van der Waals surface area contributed by atoms with E-state index >= 15 is 0 Å². The van der Waals surface area contributed by atoms with Crippen LogP contribution in [0.2, 0.25) is 0 Å². The van der Waals surface area contributed by atoms with Crippen molar-refractivity contribution < 1.29 is 4.79 Å². The van der Waals surface area contributed by atoms with Crippen LogP contribution in [-0.2, 0) is 24.2 Å². The summed E-state index contributed by atoms with van der Waals surface area (Å²) in [6.45, 7) is 7.46.